The zero-order valence-electron chi connectivity index (χ0n) is 11.0. The number of hydrogen-bond donors (Lipinski definition) is 2. The van der Waals surface area contributed by atoms with Crippen LogP contribution >= 0.6 is 0 Å². The summed E-state index contributed by atoms with van der Waals surface area (Å²) in [5, 5.41) is 7.69. The molecule has 1 amide bonds. The Kier molecular flexibility index (Phi) is 5.46. The van der Waals surface area contributed by atoms with Gasteiger partial charge in [-0.1, -0.05) is 0 Å². The summed E-state index contributed by atoms with van der Waals surface area (Å²) in [7, 11) is -3.82. The van der Waals surface area contributed by atoms with Gasteiger partial charge in [-0.05, 0) is 37.6 Å². The predicted octanol–water partition coefficient (Wildman–Crippen LogP) is 0.409. The highest BCUT2D eigenvalue weighted by molar-refractivity contribution is 7.89. The molecular weight excluding hydrogens is 268 g/mol. The van der Waals surface area contributed by atoms with Crippen molar-refractivity contribution in [3.63, 3.8) is 0 Å². The largest absolute Gasteiger partial charge is 0.380 e. The number of hydrogen-bond acceptors (Lipinski definition) is 4. The lowest BCUT2D eigenvalue weighted by molar-refractivity contribution is 0.0922. The van der Waals surface area contributed by atoms with Gasteiger partial charge in [0.15, 0.2) is 0 Å². The second kappa shape index (κ2) is 6.65. The summed E-state index contributed by atoms with van der Waals surface area (Å²) in [6.45, 7) is 4.92. The average molecular weight is 286 g/mol. The van der Waals surface area contributed by atoms with E-state index in [1.807, 2.05) is 6.92 Å². The van der Waals surface area contributed by atoms with Crippen LogP contribution in [0.4, 0.5) is 0 Å². The van der Waals surface area contributed by atoms with E-state index < -0.39 is 10.0 Å². The second-order valence-electron chi connectivity index (χ2n) is 4.03. The number of sulfonamides is 1. The van der Waals surface area contributed by atoms with Gasteiger partial charge in [-0.3, -0.25) is 4.79 Å². The Labute approximate surface area is 113 Å². The van der Waals surface area contributed by atoms with E-state index in [1.54, 1.807) is 13.0 Å². The minimum Gasteiger partial charge on any atom is -0.380 e. The van der Waals surface area contributed by atoms with Crippen LogP contribution in [0.1, 0.15) is 22.8 Å². The molecule has 0 atom stereocenters. The van der Waals surface area contributed by atoms with E-state index in [0.717, 1.165) is 0 Å². The molecule has 0 aliphatic carbocycles. The molecule has 0 heterocycles. The maximum atomic E-state index is 11.8. The van der Waals surface area contributed by atoms with Gasteiger partial charge in [0.05, 0.1) is 11.5 Å². The lowest BCUT2D eigenvalue weighted by Gasteiger charge is -2.08. The Balaban J connectivity index is 2.83. The van der Waals surface area contributed by atoms with Gasteiger partial charge in [-0.25, -0.2) is 13.6 Å². The van der Waals surface area contributed by atoms with Crippen LogP contribution < -0.4 is 10.5 Å². The maximum absolute atomic E-state index is 11.8. The molecule has 0 spiro atoms. The standard InChI is InChI=1S/C12H18N2O4S/c1-3-18-5-4-14-12(15)10-6-9(2)7-11(8-10)19(13,16)17/h6-8H,3-5H2,1-2H3,(H,14,15)(H2,13,16,17). The fourth-order valence-corrected chi connectivity index (χ4v) is 2.17. The molecule has 19 heavy (non-hydrogen) atoms. The summed E-state index contributed by atoms with van der Waals surface area (Å²) >= 11 is 0. The van der Waals surface area contributed by atoms with Crippen LogP contribution in [0.2, 0.25) is 0 Å². The molecule has 0 aliphatic heterocycles. The van der Waals surface area contributed by atoms with E-state index in [1.165, 1.54) is 12.1 Å². The van der Waals surface area contributed by atoms with E-state index >= 15 is 0 Å². The van der Waals surface area contributed by atoms with Crippen molar-refractivity contribution < 1.29 is 17.9 Å². The summed E-state index contributed by atoms with van der Waals surface area (Å²) in [6.07, 6.45) is 0. The SMILES string of the molecule is CCOCCNC(=O)c1cc(C)cc(S(N)(=O)=O)c1. The molecule has 0 fully saturated rings. The minimum absolute atomic E-state index is 0.0672. The average Bonchev–Trinajstić information content (AvgIpc) is 2.32. The van der Waals surface area contributed by atoms with Gasteiger partial charge in [0.1, 0.15) is 0 Å². The first-order chi connectivity index (χ1) is 8.84. The Hall–Kier alpha value is -1.44. The summed E-state index contributed by atoms with van der Waals surface area (Å²) < 4.78 is 27.7. The van der Waals surface area contributed by atoms with Gasteiger partial charge in [0.2, 0.25) is 10.0 Å². The fraction of sp³-hybridized carbons (Fsp3) is 0.417. The highest BCUT2D eigenvalue weighted by Gasteiger charge is 2.13. The van der Waals surface area contributed by atoms with Crippen molar-refractivity contribution in [2.45, 2.75) is 18.7 Å². The van der Waals surface area contributed by atoms with E-state index in [-0.39, 0.29) is 16.4 Å². The smallest absolute Gasteiger partial charge is 0.251 e. The Morgan fingerprint density at radius 2 is 2.05 bits per heavy atom. The van der Waals surface area contributed by atoms with Crippen molar-refractivity contribution in [3.8, 4) is 0 Å². The molecule has 0 radical (unpaired) electrons. The number of aryl methyl sites for hydroxylation is 1. The van der Waals surface area contributed by atoms with Gasteiger partial charge < -0.3 is 10.1 Å². The molecule has 1 aromatic rings. The van der Waals surface area contributed by atoms with Crippen molar-refractivity contribution in [1.82, 2.24) is 5.32 Å². The van der Waals surface area contributed by atoms with Crippen molar-refractivity contribution in [2.24, 2.45) is 5.14 Å². The van der Waals surface area contributed by atoms with Gasteiger partial charge in [-0.2, -0.15) is 0 Å². The molecule has 0 saturated heterocycles. The lowest BCUT2D eigenvalue weighted by Crippen LogP contribution is -2.27. The highest BCUT2D eigenvalue weighted by Crippen LogP contribution is 2.13. The monoisotopic (exact) mass is 286 g/mol. The third-order valence-electron chi connectivity index (χ3n) is 2.38. The van der Waals surface area contributed by atoms with E-state index in [4.69, 9.17) is 9.88 Å². The second-order valence-corrected chi connectivity index (χ2v) is 5.59. The van der Waals surface area contributed by atoms with Crippen molar-refractivity contribution in [3.05, 3.63) is 29.3 Å². The molecule has 1 aromatic carbocycles. The molecule has 3 N–H and O–H groups in total. The van der Waals surface area contributed by atoms with Gasteiger partial charge >= 0.3 is 0 Å². The summed E-state index contributed by atoms with van der Waals surface area (Å²) in [5.41, 5.74) is 0.919. The zero-order valence-corrected chi connectivity index (χ0v) is 11.8. The molecule has 106 valence electrons. The van der Waals surface area contributed by atoms with Crippen LogP contribution in [0.5, 0.6) is 0 Å². The Morgan fingerprint density at radius 3 is 2.63 bits per heavy atom. The third-order valence-corrected chi connectivity index (χ3v) is 3.27. The molecule has 7 heteroatoms. The number of rotatable bonds is 6. The quantitative estimate of drug-likeness (QED) is 0.740. The first kappa shape index (κ1) is 15.6. The van der Waals surface area contributed by atoms with E-state index in [2.05, 4.69) is 5.32 Å². The number of primary sulfonamides is 1. The Bertz CT molecular complexity index is 555. The lowest BCUT2D eigenvalue weighted by atomic mass is 10.1. The van der Waals surface area contributed by atoms with Crippen LogP contribution in [0.15, 0.2) is 23.1 Å². The molecule has 0 aliphatic rings. The van der Waals surface area contributed by atoms with Crippen molar-refractivity contribution >= 4 is 15.9 Å². The molecule has 0 aromatic heterocycles. The normalized spacial score (nSPS) is 11.3. The molecule has 0 saturated carbocycles. The molecular formula is C12H18N2O4S. The highest BCUT2D eigenvalue weighted by atomic mass is 32.2. The van der Waals surface area contributed by atoms with Gasteiger partial charge in [0, 0.05) is 18.7 Å². The maximum Gasteiger partial charge on any atom is 0.251 e. The molecule has 6 nitrogen and oxygen atoms in total. The number of benzene rings is 1. The van der Waals surface area contributed by atoms with Gasteiger partial charge in [0.25, 0.3) is 5.91 Å². The van der Waals surface area contributed by atoms with E-state index in [0.29, 0.717) is 25.3 Å². The minimum atomic E-state index is -3.82. The Morgan fingerprint density at radius 1 is 1.37 bits per heavy atom. The topological polar surface area (TPSA) is 98.5 Å². The number of nitrogens with two attached hydrogens (primary N) is 1. The third kappa shape index (κ3) is 4.98. The van der Waals surface area contributed by atoms with E-state index in [9.17, 15) is 13.2 Å². The van der Waals surface area contributed by atoms with Crippen LogP contribution in [0.3, 0.4) is 0 Å². The molecule has 0 unspecified atom stereocenters. The number of carbonyl (C=O) groups excluding carboxylic acids is 1. The molecule has 1 rings (SSSR count). The summed E-state index contributed by atoms with van der Waals surface area (Å²) in [6, 6.07) is 4.29. The van der Waals surface area contributed by atoms with Crippen LogP contribution in [-0.2, 0) is 14.8 Å². The van der Waals surface area contributed by atoms with Crippen LogP contribution in [-0.4, -0.2) is 34.1 Å². The summed E-state index contributed by atoms with van der Waals surface area (Å²) in [5.74, 6) is -0.353. The number of carbonyl (C=O) groups is 1. The number of amides is 1. The van der Waals surface area contributed by atoms with Crippen LogP contribution in [0.25, 0.3) is 0 Å². The fourth-order valence-electron chi connectivity index (χ4n) is 1.53. The first-order valence-corrected chi connectivity index (χ1v) is 7.39. The number of ether oxygens (including phenoxy) is 1. The zero-order chi connectivity index (χ0) is 14.5. The first-order valence-electron chi connectivity index (χ1n) is 5.85. The van der Waals surface area contributed by atoms with Crippen LogP contribution in [0, 0.1) is 6.92 Å². The summed E-state index contributed by atoms with van der Waals surface area (Å²) in [4.78, 5) is 11.8. The predicted molar refractivity (Wildman–Crippen MR) is 71.4 cm³/mol. The van der Waals surface area contributed by atoms with Crippen molar-refractivity contribution in [2.75, 3.05) is 19.8 Å². The molecule has 0 bridgehead atoms. The van der Waals surface area contributed by atoms with Gasteiger partial charge in [-0.15, -0.1) is 0 Å². The van der Waals surface area contributed by atoms with Crippen molar-refractivity contribution in [1.29, 1.82) is 0 Å². The number of nitrogens with one attached hydrogen (secondary N) is 1.